The molecule has 2 aromatic heterocycles. The van der Waals surface area contributed by atoms with Crippen LogP contribution >= 0.6 is 0 Å². The van der Waals surface area contributed by atoms with Crippen molar-refractivity contribution in [2.45, 2.75) is 26.8 Å². The molecule has 3 rings (SSSR count). The summed E-state index contributed by atoms with van der Waals surface area (Å²) >= 11 is 0. The van der Waals surface area contributed by atoms with Gasteiger partial charge in [0.25, 0.3) is 5.91 Å². The normalized spacial score (nSPS) is 12.2. The van der Waals surface area contributed by atoms with Crippen LogP contribution < -0.4 is 5.32 Å². The fourth-order valence-corrected chi connectivity index (χ4v) is 2.66. The molecule has 1 N–H and O–H groups in total. The Bertz CT molecular complexity index is 861. The molecule has 0 spiro atoms. The summed E-state index contributed by atoms with van der Waals surface area (Å²) in [6, 6.07) is 10.9. The van der Waals surface area contributed by atoms with E-state index in [0.717, 1.165) is 17.1 Å². The minimum atomic E-state index is -0.317. The summed E-state index contributed by atoms with van der Waals surface area (Å²) in [5.74, 6) is 1.69. The molecular weight excluding hydrogens is 309 g/mol. The molecule has 1 atom stereocenters. The molecule has 5 heteroatoms. The number of rotatable bonds is 4. The Hall–Kier alpha value is -2.82. The molecule has 4 nitrogen and oxygen atoms in total. The number of carbonyl (C=O) groups is 1. The number of furan rings is 2. The maximum atomic E-state index is 13.0. The topological polar surface area (TPSA) is 55.4 Å². The van der Waals surface area contributed by atoms with Crippen molar-refractivity contribution in [2.24, 2.45) is 0 Å². The van der Waals surface area contributed by atoms with E-state index in [9.17, 15) is 9.18 Å². The van der Waals surface area contributed by atoms with E-state index < -0.39 is 0 Å². The van der Waals surface area contributed by atoms with Crippen LogP contribution in [0, 0.1) is 19.7 Å². The molecule has 1 amide bonds. The molecule has 124 valence electrons. The smallest absolute Gasteiger partial charge is 0.287 e. The minimum Gasteiger partial charge on any atom is -0.466 e. The zero-order chi connectivity index (χ0) is 17.3. The SMILES string of the molecule is Cc1cc(C(C)NC(=O)c2ccc(-c3ccc(F)cc3)o2)c(C)o1. The minimum absolute atomic E-state index is 0.200. The van der Waals surface area contributed by atoms with Gasteiger partial charge in [0.1, 0.15) is 23.1 Å². The zero-order valence-corrected chi connectivity index (χ0v) is 13.7. The second kappa shape index (κ2) is 6.35. The molecular formula is C19H18FNO3. The molecule has 0 saturated heterocycles. The van der Waals surface area contributed by atoms with Gasteiger partial charge in [-0.15, -0.1) is 0 Å². The van der Waals surface area contributed by atoms with E-state index >= 15 is 0 Å². The first-order valence-electron chi connectivity index (χ1n) is 7.67. The van der Waals surface area contributed by atoms with Crippen LogP contribution in [0.25, 0.3) is 11.3 Å². The third kappa shape index (κ3) is 3.25. The summed E-state index contributed by atoms with van der Waals surface area (Å²) in [4.78, 5) is 12.3. The molecule has 0 saturated carbocycles. The average molecular weight is 327 g/mol. The lowest BCUT2D eigenvalue weighted by Crippen LogP contribution is -2.26. The Labute approximate surface area is 139 Å². The third-order valence-corrected chi connectivity index (χ3v) is 3.85. The Morgan fingerprint density at radius 1 is 1.08 bits per heavy atom. The lowest BCUT2D eigenvalue weighted by Gasteiger charge is -2.11. The first-order valence-corrected chi connectivity index (χ1v) is 7.67. The van der Waals surface area contributed by atoms with Gasteiger partial charge < -0.3 is 14.2 Å². The van der Waals surface area contributed by atoms with E-state index in [2.05, 4.69) is 5.32 Å². The molecule has 0 bridgehead atoms. The molecule has 0 aliphatic rings. The van der Waals surface area contributed by atoms with Crippen molar-refractivity contribution in [3.63, 3.8) is 0 Å². The fourth-order valence-electron chi connectivity index (χ4n) is 2.66. The van der Waals surface area contributed by atoms with E-state index in [1.54, 1.807) is 24.3 Å². The standard InChI is InChI=1S/C19H18FNO3/c1-11-10-16(13(3)23-11)12(2)21-19(22)18-9-8-17(24-18)14-4-6-15(20)7-5-14/h4-10,12H,1-3H3,(H,21,22). The zero-order valence-electron chi connectivity index (χ0n) is 13.7. The number of aryl methyl sites for hydroxylation is 2. The highest BCUT2D eigenvalue weighted by Crippen LogP contribution is 2.24. The lowest BCUT2D eigenvalue weighted by atomic mass is 10.1. The summed E-state index contributed by atoms with van der Waals surface area (Å²) < 4.78 is 24.0. The van der Waals surface area contributed by atoms with Gasteiger partial charge >= 0.3 is 0 Å². The average Bonchev–Trinajstić information content (AvgIpc) is 3.14. The lowest BCUT2D eigenvalue weighted by molar-refractivity contribution is 0.0912. The van der Waals surface area contributed by atoms with Gasteiger partial charge in [-0.05, 0) is 63.2 Å². The summed E-state index contributed by atoms with van der Waals surface area (Å²) in [7, 11) is 0. The summed E-state index contributed by atoms with van der Waals surface area (Å²) in [6.45, 7) is 5.62. The van der Waals surface area contributed by atoms with Crippen LogP contribution in [0.1, 0.15) is 40.6 Å². The van der Waals surface area contributed by atoms with E-state index in [1.165, 1.54) is 12.1 Å². The first kappa shape index (κ1) is 16.1. The van der Waals surface area contributed by atoms with Crippen LogP contribution in [-0.4, -0.2) is 5.91 Å². The maximum absolute atomic E-state index is 13.0. The summed E-state index contributed by atoms with van der Waals surface area (Å²) in [5.41, 5.74) is 1.65. The van der Waals surface area contributed by atoms with Crippen LogP contribution in [0.3, 0.4) is 0 Å². The molecule has 0 fully saturated rings. The Kier molecular flexibility index (Phi) is 4.25. The van der Waals surface area contributed by atoms with Crippen molar-refractivity contribution < 1.29 is 18.0 Å². The van der Waals surface area contributed by atoms with Gasteiger partial charge in [-0.3, -0.25) is 4.79 Å². The number of carbonyl (C=O) groups excluding carboxylic acids is 1. The van der Waals surface area contributed by atoms with Crippen molar-refractivity contribution in [3.05, 3.63) is 71.1 Å². The molecule has 0 aliphatic heterocycles. The maximum Gasteiger partial charge on any atom is 0.287 e. The van der Waals surface area contributed by atoms with Crippen LogP contribution in [0.5, 0.6) is 0 Å². The van der Waals surface area contributed by atoms with Crippen molar-refractivity contribution in [3.8, 4) is 11.3 Å². The van der Waals surface area contributed by atoms with Gasteiger partial charge in [0.15, 0.2) is 5.76 Å². The first-order chi connectivity index (χ1) is 11.4. The van der Waals surface area contributed by atoms with Crippen LogP contribution in [0.15, 0.2) is 51.3 Å². The Balaban J connectivity index is 1.74. The van der Waals surface area contributed by atoms with Gasteiger partial charge in [-0.1, -0.05) is 0 Å². The monoisotopic (exact) mass is 327 g/mol. The summed E-state index contributed by atoms with van der Waals surface area (Å²) in [6.07, 6.45) is 0. The number of hydrogen-bond donors (Lipinski definition) is 1. The van der Waals surface area contributed by atoms with Crippen molar-refractivity contribution >= 4 is 5.91 Å². The van der Waals surface area contributed by atoms with Gasteiger partial charge in [0, 0.05) is 11.1 Å². The van der Waals surface area contributed by atoms with Crippen LogP contribution in [0.4, 0.5) is 4.39 Å². The predicted octanol–water partition coefficient (Wildman–Crippen LogP) is 4.79. The highest BCUT2D eigenvalue weighted by atomic mass is 19.1. The number of hydrogen-bond acceptors (Lipinski definition) is 3. The van der Waals surface area contributed by atoms with Crippen LogP contribution in [0.2, 0.25) is 0 Å². The van der Waals surface area contributed by atoms with E-state index in [-0.39, 0.29) is 23.5 Å². The molecule has 3 aromatic rings. The second-order valence-corrected chi connectivity index (χ2v) is 5.73. The highest BCUT2D eigenvalue weighted by molar-refractivity contribution is 5.92. The second-order valence-electron chi connectivity index (χ2n) is 5.73. The van der Waals surface area contributed by atoms with Gasteiger partial charge in [-0.25, -0.2) is 4.39 Å². The predicted molar refractivity (Wildman–Crippen MR) is 88.2 cm³/mol. The van der Waals surface area contributed by atoms with Gasteiger partial charge in [-0.2, -0.15) is 0 Å². The Morgan fingerprint density at radius 2 is 1.79 bits per heavy atom. The van der Waals surface area contributed by atoms with Crippen molar-refractivity contribution in [1.29, 1.82) is 0 Å². The molecule has 1 unspecified atom stereocenters. The quantitative estimate of drug-likeness (QED) is 0.750. The van der Waals surface area contributed by atoms with Crippen molar-refractivity contribution in [1.82, 2.24) is 5.32 Å². The van der Waals surface area contributed by atoms with E-state index in [1.807, 2.05) is 26.8 Å². The molecule has 0 radical (unpaired) electrons. The summed E-state index contributed by atoms with van der Waals surface area (Å²) in [5, 5.41) is 2.89. The number of halogens is 1. The highest BCUT2D eigenvalue weighted by Gasteiger charge is 2.18. The largest absolute Gasteiger partial charge is 0.466 e. The molecule has 0 aliphatic carbocycles. The van der Waals surface area contributed by atoms with Crippen LogP contribution in [-0.2, 0) is 0 Å². The number of benzene rings is 1. The molecule has 1 aromatic carbocycles. The third-order valence-electron chi connectivity index (χ3n) is 3.85. The van der Waals surface area contributed by atoms with E-state index in [0.29, 0.717) is 11.3 Å². The Morgan fingerprint density at radius 3 is 2.42 bits per heavy atom. The number of amides is 1. The van der Waals surface area contributed by atoms with E-state index in [4.69, 9.17) is 8.83 Å². The van der Waals surface area contributed by atoms with Crippen molar-refractivity contribution in [2.75, 3.05) is 0 Å². The molecule has 24 heavy (non-hydrogen) atoms. The fraction of sp³-hybridized carbons (Fsp3) is 0.211. The number of nitrogens with one attached hydrogen (secondary N) is 1. The molecule has 2 heterocycles. The van der Waals surface area contributed by atoms with Gasteiger partial charge in [0.05, 0.1) is 6.04 Å². The van der Waals surface area contributed by atoms with Gasteiger partial charge in [0.2, 0.25) is 0 Å².